The Morgan fingerprint density at radius 2 is 1.92 bits per heavy atom. The van der Waals surface area contributed by atoms with E-state index < -0.39 is 5.97 Å². The molecule has 1 rings (SSSR count). The Kier molecular flexibility index (Phi) is 8.25. The molecule has 0 aliphatic carbocycles. The maximum Gasteiger partial charge on any atom is 0.303 e. The molecule has 1 aromatic carbocycles. The first kappa shape index (κ1) is 20.5. The summed E-state index contributed by atoms with van der Waals surface area (Å²) >= 11 is 3.52. The minimum atomic E-state index is -0.847. The monoisotopic (exact) mass is 399 g/mol. The Morgan fingerprint density at radius 1 is 1.21 bits per heavy atom. The van der Waals surface area contributed by atoms with Crippen LogP contribution in [0.25, 0.3) is 0 Å². The molecule has 1 amide bonds. The highest BCUT2D eigenvalue weighted by Gasteiger charge is 2.15. The van der Waals surface area contributed by atoms with E-state index in [4.69, 9.17) is 9.84 Å². The summed E-state index contributed by atoms with van der Waals surface area (Å²) < 4.78 is 6.62. The molecule has 0 fully saturated rings. The van der Waals surface area contributed by atoms with Crippen molar-refractivity contribution in [1.82, 2.24) is 5.32 Å². The lowest BCUT2D eigenvalue weighted by atomic mass is 9.87. The number of carbonyl (C=O) groups is 2. The molecular weight excluding hydrogens is 374 g/mol. The van der Waals surface area contributed by atoms with E-state index in [1.54, 1.807) is 0 Å². The number of carbonyl (C=O) groups excluding carboxylic acids is 1. The van der Waals surface area contributed by atoms with E-state index in [1.807, 2.05) is 6.07 Å². The summed E-state index contributed by atoms with van der Waals surface area (Å²) in [5.41, 5.74) is 1.31. The van der Waals surface area contributed by atoms with E-state index in [0.717, 1.165) is 10.2 Å². The van der Waals surface area contributed by atoms with Gasteiger partial charge in [-0.05, 0) is 51.9 Å². The summed E-state index contributed by atoms with van der Waals surface area (Å²) in [5, 5.41) is 11.2. The molecule has 24 heavy (non-hydrogen) atoms. The van der Waals surface area contributed by atoms with Gasteiger partial charge in [-0.2, -0.15) is 0 Å². The van der Waals surface area contributed by atoms with E-state index in [1.165, 1.54) is 5.56 Å². The molecule has 5 nitrogen and oxygen atoms in total. The number of benzene rings is 1. The van der Waals surface area contributed by atoms with Gasteiger partial charge in [0, 0.05) is 19.4 Å². The van der Waals surface area contributed by atoms with Crippen LogP contribution < -0.4 is 10.1 Å². The molecule has 2 N–H and O–H groups in total. The molecule has 134 valence electrons. The summed E-state index contributed by atoms with van der Waals surface area (Å²) in [6.45, 7) is 7.32. The fourth-order valence-corrected chi connectivity index (χ4v) is 2.55. The van der Waals surface area contributed by atoms with Gasteiger partial charge in [-0.25, -0.2) is 0 Å². The van der Waals surface area contributed by atoms with Gasteiger partial charge in [0.1, 0.15) is 5.75 Å². The average molecular weight is 400 g/mol. The number of halogens is 1. The zero-order valence-corrected chi connectivity index (χ0v) is 16.1. The lowest BCUT2D eigenvalue weighted by Crippen LogP contribution is -2.25. The standard InChI is InChI=1S/C18H26BrNO4/c1-18(2,3)13-8-9-15(14(19)12-13)24-11-5-6-16(21)20-10-4-7-17(22)23/h8-9,12H,4-7,10-11H2,1-3H3,(H,20,21)(H,22,23). The summed E-state index contributed by atoms with van der Waals surface area (Å²) in [6.07, 6.45) is 1.50. The van der Waals surface area contributed by atoms with Crippen LogP contribution in [0, 0.1) is 0 Å². The Morgan fingerprint density at radius 3 is 2.50 bits per heavy atom. The van der Waals surface area contributed by atoms with Crippen molar-refractivity contribution in [2.45, 2.75) is 51.9 Å². The maximum absolute atomic E-state index is 11.6. The van der Waals surface area contributed by atoms with Crippen LogP contribution in [-0.2, 0) is 15.0 Å². The molecule has 0 saturated heterocycles. The zero-order chi connectivity index (χ0) is 18.2. The average Bonchev–Trinajstić information content (AvgIpc) is 2.48. The highest BCUT2D eigenvalue weighted by atomic mass is 79.9. The normalized spacial score (nSPS) is 11.2. The molecule has 0 aliphatic rings. The van der Waals surface area contributed by atoms with Gasteiger partial charge in [0.05, 0.1) is 11.1 Å². The molecule has 0 bridgehead atoms. The smallest absolute Gasteiger partial charge is 0.303 e. The van der Waals surface area contributed by atoms with Crippen LogP contribution in [-0.4, -0.2) is 30.1 Å². The fourth-order valence-electron chi connectivity index (χ4n) is 2.06. The van der Waals surface area contributed by atoms with Crippen LogP contribution in [0.1, 0.15) is 52.0 Å². The number of carboxylic acid groups (broad SMARTS) is 1. The molecule has 0 spiro atoms. The number of aliphatic carboxylic acids is 1. The first-order chi connectivity index (χ1) is 11.2. The van der Waals surface area contributed by atoms with E-state index in [0.29, 0.717) is 32.4 Å². The third-order valence-corrected chi connectivity index (χ3v) is 4.11. The van der Waals surface area contributed by atoms with Gasteiger partial charge in [0.25, 0.3) is 0 Å². The second kappa shape index (κ2) is 9.67. The molecule has 0 radical (unpaired) electrons. The molecular formula is C18H26BrNO4. The summed E-state index contributed by atoms with van der Waals surface area (Å²) in [7, 11) is 0. The largest absolute Gasteiger partial charge is 0.492 e. The first-order valence-electron chi connectivity index (χ1n) is 8.11. The highest BCUT2D eigenvalue weighted by Crippen LogP contribution is 2.31. The van der Waals surface area contributed by atoms with Gasteiger partial charge in [0.15, 0.2) is 0 Å². The van der Waals surface area contributed by atoms with E-state index in [-0.39, 0.29) is 17.7 Å². The Balaban J connectivity index is 2.28. The Labute approximate surface area is 151 Å². The van der Waals surface area contributed by atoms with Crippen molar-refractivity contribution in [3.8, 4) is 5.75 Å². The number of nitrogens with one attached hydrogen (secondary N) is 1. The van der Waals surface area contributed by atoms with Crippen molar-refractivity contribution in [2.24, 2.45) is 0 Å². The minimum absolute atomic E-state index is 0.0714. The van der Waals surface area contributed by atoms with Crippen LogP contribution >= 0.6 is 15.9 Å². The molecule has 0 saturated carbocycles. The van der Waals surface area contributed by atoms with E-state index in [2.05, 4.69) is 54.2 Å². The fraction of sp³-hybridized carbons (Fsp3) is 0.556. The second-order valence-electron chi connectivity index (χ2n) is 6.69. The van der Waals surface area contributed by atoms with Crippen LogP contribution in [0.5, 0.6) is 5.75 Å². The molecule has 0 aliphatic heterocycles. The van der Waals surface area contributed by atoms with Gasteiger partial charge < -0.3 is 15.2 Å². The van der Waals surface area contributed by atoms with Gasteiger partial charge in [0.2, 0.25) is 5.91 Å². The van der Waals surface area contributed by atoms with Crippen molar-refractivity contribution in [1.29, 1.82) is 0 Å². The maximum atomic E-state index is 11.6. The molecule has 0 unspecified atom stereocenters. The predicted molar refractivity (Wildman–Crippen MR) is 97.5 cm³/mol. The predicted octanol–water partition coefficient (Wildman–Crippen LogP) is 3.89. The third-order valence-electron chi connectivity index (χ3n) is 3.49. The third kappa shape index (κ3) is 7.81. The van der Waals surface area contributed by atoms with Gasteiger partial charge in [-0.15, -0.1) is 0 Å². The van der Waals surface area contributed by atoms with Crippen molar-refractivity contribution >= 4 is 27.8 Å². The number of amides is 1. The van der Waals surface area contributed by atoms with Crippen LogP contribution in [0.15, 0.2) is 22.7 Å². The van der Waals surface area contributed by atoms with Crippen molar-refractivity contribution < 1.29 is 19.4 Å². The van der Waals surface area contributed by atoms with E-state index >= 15 is 0 Å². The van der Waals surface area contributed by atoms with Crippen molar-refractivity contribution in [3.63, 3.8) is 0 Å². The van der Waals surface area contributed by atoms with Crippen LogP contribution in [0.4, 0.5) is 0 Å². The molecule has 1 aromatic rings. The molecule has 0 heterocycles. The second-order valence-corrected chi connectivity index (χ2v) is 7.55. The zero-order valence-electron chi connectivity index (χ0n) is 14.5. The minimum Gasteiger partial charge on any atom is -0.492 e. The number of hydrogen-bond acceptors (Lipinski definition) is 3. The first-order valence-corrected chi connectivity index (χ1v) is 8.91. The van der Waals surface area contributed by atoms with Gasteiger partial charge >= 0.3 is 5.97 Å². The lowest BCUT2D eigenvalue weighted by Gasteiger charge is -2.20. The summed E-state index contributed by atoms with van der Waals surface area (Å²) in [5.74, 6) is -0.156. The molecule has 0 atom stereocenters. The highest BCUT2D eigenvalue weighted by molar-refractivity contribution is 9.10. The topological polar surface area (TPSA) is 75.6 Å². The molecule has 6 heteroatoms. The quantitative estimate of drug-likeness (QED) is 0.617. The number of ether oxygens (including phenoxy) is 1. The number of rotatable bonds is 9. The van der Waals surface area contributed by atoms with Crippen molar-refractivity contribution in [2.75, 3.05) is 13.2 Å². The van der Waals surface area contributed by atoms with Gasteiger partial charge in [-0.1, -0.05) is 26.8 Å². The number of carboxylic acids is 1. The molecule has 0 aromatic heterocycles. The Hall–Kier alpha value is -1.56. The lowest BCUT2D eigenvalue weighted by molar-refractivity contribution is -0.137. The van der Waals surface area contributed by atoms with E-state index in [9.17, 15) is 9.59 Å². The summed E-state index contributed by atoms with van der Waals surface area (Å²) in [4.78, 5) is 22.0. The summed E-state index contributed by atoms with van der Waals surface area (Å²) in [6, 6.07) is 6.05. The Bertz CT molecular complexity index is 567. The van der Waals surface area contributed by atoms with Crippen molar-refractivity contribution in [3.05, 3.63) is 28.2 Å². The SMILES string of the molecule is CC(C)(C)c1ccc(OCCCC(=O)NCCCC(=O)O)c(Br)c1. The van der Waals surface area contributed by atoms with Crippen LogP contribution in [0.3, 0.4) is 0 Å². The number of hydrogen-bond donors (Lipinski definition) is 2. The van der Waals surface area contributed by atoms with Crippen LogP contribution in [0.2, 0.25) is 0 Å². The van der Waals surface area contributed by atoms with Gasteiger partial charge in [-0.3, -0.25) is 9.59 Å².